The van der Waals surface area contributed by atoms with Gasteiger partial charge in [-0.05, 0) is 39.5 Å². The van der Waals surface area contributed by atoms with Gasteiger partial charge in [-0.1, -0.05) is 0 Å². The van der Waals surface area contributed by atoms with Gasteiger partial charge in [0, 0.05) is 13.2 Å². The van der Waals surface area contributed by atoms with Crippen LogP contribution >= 0.6 is 0 Å². The second-order valence-corrected chi connectivity index (χ2v) is 6.50. The Morgan fingerprint density at radius 1 is 0.571 bits per heavy atom. The summed E-state index contributed by atoms with van der Waals surface area (Å²) in [5.41, 5.74) is 0. The van der Waals surface area contributed by atoms with Crippen molar-refractivity contribution in [3.63, 3.8) is 0 Å². The molecule has 0 spiro atoms. The molecule has 0 bridgehead atoms. The van der Waals surface area contributed by atoms with Crippen molar-refractivity contribution < 1.29 is 38.0 Å². The van der Waals surface area contributed by atoms with E-state index < -0.39 is 0 Å². The van der Waals surface area contributed by atoms with Gasteiger partial charge in [0.25, 0.3) is 0 Å². The molecule has 0 atom stereocenters. The SMILES string of the molecule is CCOCCOCCOC(=O)C1CCC(C(=O)OCCOCCOCC)CC1. The minimum absolute atomic E-state index is 0.144. The second kappa shape index (κ2) is 16.7. The van der Waals surface area contributed by atoms with Crippen LogP contribution in [-0.2, 0) is 38.0 Å². The second-order valence-electron chi connectivity index (χ2n) is 6.50. The maximum atomic E-state index is 12.1. The number of esters is 2. The first kappa shape index (κ1) is 24.8. The molecule has 1 aliphatic rings. The molecule has 1 aliphatic carbocycles. The van der Waals surface area contributed by atoms with Gasteiger partial charge in [0.2, 0.25) is 0 Å². The summed E-state index contributed by atoms with van der Waals surface area (Å²) in [5, 5.41) is 0. The lowest BCUT2D eigenvalue weighted by molar-refractivity contribution is -0.156. The van der Waals surface area contributed by atoms with E-state index in [9.17, 15) is 9.59 Å². The summed E-state index contributed by atoms with van der Waals surface area (Å²) in [6.07, 6.45) is 2.59. The molecule has 0 heterocycles. The molecule has 0 saturated heterocycles. The van der Waals surface area contributed by atoms with Crippen molar-refractivity contribution in [3.8, 4) is 0 Å². The highest BCUT2D eigenvalue weighted by Gasteiger charge is 2.31. The van der Waals surface area contributed by atoms with Crippen molar-refractivity contribution in [1.82, 2.24) is 0 Å². The Morgan fingerprint density at radius 3 is 1.25 bits per heavy atom. The van der Waals surface area contributed by atoms with Crippen LogP contribution in [0.25, 0.3) is 0 Å². The van der Waals surface area contributed by atoms with Gasteiger partial charge >= 0.3 is 11.9 Å². The van der Waals surface area contributed by atoms with Crippen LogP contribution in [0.4, 0.5) is 0 Å². The lowest BCUT2D eigenvalue weighted by Crippen LogP contribution is -2.29. The van der Waals surface area contributed by atoms with Crippen LogP contribution in [0.5, 0.6) is 0 Å². The van der Waals surface area contributed by atoms with Gasteiger partial charge in [0.15, 0.2) is 0 Å². The predicted octanol–water partition coefficient (Wildman–Crippen LogP) is 1.99. The van der Waals surface area contributed by atoms with E-state index in [2.05, 4.69) is 0 Å². The van der Waals surface area contributed by atoms with Gasteiger partial charge in [-0.3, -0.25) is 9.59 Å². The molecule has 1 fully saturated rings. The van der Waals surface area contributed by atoms with Crippen LogP contribution in [-0.4, -0.2) is 78.0 Å². The lowest BCUT2D eigenvalue weighted by atomic mass is 9.82. The Kier molecular flexibility index (Phi) is 14.8. The summed E-state index contributed by atoms with van der Waals surface area (Å²) >= 11 is 0. The molecule has 0 aliphatic heterocycles. The Hall–Kier alpha value is -1.22. The molecule has 0 aromatic rings. The maximum absolute atomic E-state index is 12.1. The minimum atomic E-state index is -0.206. The van der Waals surface area contributed by atoms with E-state index in [0.29, 0.717) is 78.5 Å². The van der Waals surface area contributed by atoms with E-state index in [1.807, 2.05) is 13.8 Å². The van der Waals surface area contributed by atoms with E-state index in [1.54, 1.807) is 0 Å². The highest BCUT2D eigenvalue weighted by Crippen LogP contribution is 2.30. The number of carbonyl (C=O) groups is 2. The van der Waals surface area contributed by atoms with Crippen molar-refractivity contribution in [1.29, 1.82) is 0 Å². The Bertz CT molecular complexity index is 369. The predicted molar refractivity (Wildman–Crippen MR) is 102 cm³/mol. The average molecular weight is 405 g/mol. The fraction of sp³-hybridized carbons (Fsp3) is 0.900. The third-order valence-electron chi connectivity index (χ3n) is 4.49. The zero-order valence-electron chi connectivity index (χ0n) is 17.3. The Balaban J connectivity index is 2.04. The first-order valence-electron chi connectivity index (χ1n) is 10.3. The van der Waals surface area contributed by atoms with Crippen molar-refractivity contribution in [2.75, 3.05) is 66.1 Å². The summed E-state index contributed by atoms with van der Waals surface area (Å²) in [6.45, 7) is 8.49. The van der Waals surface area contributed by atoms with E-state index in [-0.39, 0.29) is 37.0 Å². The molecule has 1 saturated carbocycles. The summed E-state index contributed by atoms with van der Waals surface area (Å²) in [4.78, 5) is 24.2. The molecule has 0 aromatic carbocycles. The zero-order chi connectivity index (χ0) is 20.5. The molecule has 8 nitrogen and oxygen atoms in total. The van der Waals surface area contributed by atoms with Crippen LogP contribution in [0.2, 0.25) is 0 Å². The fourth-order valence-corrected chi connectivity index (χ4v) is 2.93. The quantitative estimate of drug-likeness (QED) is 0.285. The van der Waals surface area contributed by atoms with Crippen molar-refractivity contribution in [3.05, 3.63) is 0 Å². The number of hydrogen-bond donors (Lipinski definition) is 0. The highest BCUT2D eigenvalue weighted by atomic mass is 16.6. The molecule has 0 amide bonds. The normalized spacial score (nSPS) is 19.4. The minimum Gasteiger partial charge on any atom is -0.463 e. The van der Waals surface area contributed by atoms with Gasteiger partial charge in [0.05, 0.1) is 51.5 Å². The van der Waals surface area contributed by atoms with Gasteiger partial charge in [-0.25, -0.2) is 0 Å². The van der Waals surface area contributed by atoms with E-state index in [1.165, 1.54) is 0 Å². The Labute approximate surface area is 168 Å². The monoisotopic (exact) mass is 404 g/mol. The number of ether oxygens (including phenoxy) is 6. The largest absolute Gasteiger partial charge is 0.463 e. The number of rotatable bonds is 16. The van der Waals surface area contributed by atoms with Crippen LogP contribution in [0.3, 0.4) is 0 Å². The number of hydrogen-bond acceptors (Lipinski definition) is 8. The summed E-state index contributed by atoms with van der Waals surface area (Å²) in [5.74, 6) is -0.699. The van der Waals surface area contributed by atoms with E-state index in [4.69, 9.17) is 28.4 Å². The van der Waals surface area contributed by atoms with Crippen LogP contribution < -0.4 is 0 Å². The van der Waals surface area contributed by atoms with Gasteiger partial charge in [-0.15, -0.1) is 0 Å². The molecule has 0 N–H and O–H groups in total. The molecule has 0 aromatic heterocycles. The Morgan fingerprint density at radius 2 is 0.893 bits per heavy atom. The molecular formula is C20H36O8. The fourth-order valence-electron chi connectivity index (χ4n) is 2.93. The van der Waals surface area contributed by atoms with Crippen molar-refractivity contribution >= 4 is 11.9 Å². The topological polar surface area (TPSA) is 89.5 Å². The van der Waals surface area contributed by atoms with Crippen LogP contribution in [0.15, 0.2) is 0 Å². The van der Waals surface area contributed by atoms with Crippen LogP contribution in [0.1, 0.15) is 39.5 Å². The molecule has 28 heavy (non-hydrogen) atoms. The average Bonchev–Trinajstić information content (AvgIpc) is 2.72. The first-order chi connectivity index (χ1) is 13.7. The van der Waals surface area contributed by atoms with Crippen molar-refractivity contribution in [2.45, 2.75) is 39.5 Å². The molecule has 0 radical (unpaired) electrons. The molecule has 0 unspecified atom stereocenters. The highest BCUT2D eigenvalue weighted by molar-refractivity contribution is 5.75. The summed E-state index contributed by atoms with van der Waals surface area (Å²) in [7, 11) is 0. The van der Waals surface area contributed by atoms with Gasteiger partial charge in [-0.2, -0.15) is 0 Å². The molecule has 8 heteroatoms. The third-order valence-corrected chi connectivity index (χ3v) is 4.49. The van der Waals surface area contributed by atoms with Gasteiger partial charge in [0.1, 0.15) is 13.2 Å². The molecule has 164 valence electrons. The first-order valence-corrected chi connectivity index (χ1v) is 10.3. The summed E-state index contributed by atoms with van der Waals surface area (Å²) < 4.78 is 31.5. The standard InChI is InChI=1S/C20H36O8/c1-3-23-9-11-25-13-15-27-19(21)17-5-7-18(8-6-17)20(22)28-16-14-26-12-10-24-4-2/h17-18H,3-16H2,1-2H3. The zero-order valence-corrected chi connectivity index (χ0v) is 17.3. The third kappa shape index (κ3) is 11.6. The van der Waals surface area contributed by atoms with Gasteiger partial charge < -0.3 is 28.4 Å². The maximum Gasteiger partial charge on any atom is 0.309 e. The van der Waals surface area contributed by atoms with Crippen molar-refractivity contribution in [2.24, 2.45) is 11.8 Å². The van der Waals surface area contributed by atoms with E-state index in [0.717, 1.165) is 0 Å². The summed E-state index contributed by atoms with van der Waals surface area (Å²) in [6, 6.07) is 0. The van der Waals surface area contributed by atoms with Crippen LogP contribution in [0, 0.1) is 11.8 Å². The smallest absolute Gasteiger partial charge is 0.309 e. The number of carbonyl (C=O) groups excluding carboxylic acids is 2. The molecule has 1 rings (SSSR count). The lowest BCUT2D eigenvalue weighted by Gasteiger charge is -2.25. The van der Waals surface area contributed by atoms with E-state index >= 15 is 0 Å². The molecular weight excluding hydrogens is 368 g/mol.